The van der Waals surface area contributed by atoms with Crippen LogP contribution in [0.4, 0.5) is 0 Å². The van der Waals surface area contributed by atoms with Crippen LogP contribution in [-0.4, -0.2) is 29.1 Å². The van der Waals surface area contributed by atoms with E-state index in [1.165, 1.54) is 134 Å². The lowest BCUT2D eigenvalue weighted by molar-refractivity contribution is 0.148. The molecule has 2 nitrogen and oxygen atoms in total. The Bertz CT molecular complexity index is 596. The van der Waals surface area contributed by atoms with Crippen molar-refractivity contribution in [3.8, 4) is 0 Å². The van der Waals surface area contributed by atoms with Gasteiger partial charge in [0.2, 0.25) is 0 Å². The molecule has 2 heteroatoms. The first kappa shape index (κ1) is 28.8. The van der Waals surface area contributed by atoms with Crippen LogP contribution in [0.15, 0.2) is 42.7 Å². The lowest BCUT2D eigenvalue weighted by atomic mass is 10.0. The van der Waals surface area contributed by atoms with Gasteiger partial charge in [0.05, 0.1) is 0 Å². The Hall–Kier alpha value is -1.44. The van der Waals surface area contributed by atoms with Crippen molar-refractivity contribution in [2.45, 2.75) is 142 Å². The molecule has 0 aromatic heterocycles. The first-order chi connectivity index (χ1) is 16.8. The van der Waals surface area contributed by atoms with Crippen LogP contribution in [-0.2, 0) is 6.42 Å². The molecule has 0 radical (unpaired) electrons. The Balaban J connectivity index is 1.47. The number of unbranched alkanes of at least 4 members (excludes halogenated alkanes) is 16. The fourth-order valence-corrected chi connectivity index (χ4v) is 5.25. The maximum absolute atomic E-state index is 2.60. The van der Waals surface area contributed by atoms with Crippen molar-refractivity contribution < 1.29 is 0 Å². The monoisotopic (exact) mass is 468 g/mol. The highest BCUT2D eigenvalue weighted by Crippen LogP contribution is 2.22. The van der Waals surface area contributed by atoms with Crippen LogP contribution in [0.5, 0.6) is 0 Å². The van der Waals surface area contributed by atoms with Crippen molar-refractivity contribution in [2.24, 2.45) is 0 Å². The molecule has 0 saturated carbocycles. The Labute approximate surface area is 213 Å². The zero-order valence-electron chi connectivity index (χ0n) is 22.9. The van der Waals surface area contributed by atoms with E-state index in [4.69, 9.17) is 0 Å². The predicted molar refractivity (Wildman–Crippen MR) is 151 cm³/mol. The minimum Gasteiger partial charge on any atom is -0.356 e. The van der Waals surface area contributed by atoms with Gasteiger partial charge in [-0.2, -0.15) is 0 Å². The normalized spacial score (nSPS) is 15.5. The maximum atomic E-state index is 2.60. The maximum Gasteiger partial charge on any atom is 0.105 e. The summed E-state index contributed by atoms with van der Waals surface area (Å²) in [4.78, 5) is 5.18. The van der Waals surface area contributed by atoms with Crippen molar-refractivity contribution in [2.75, 3.05) is 13.1 Å². The van der Waals surface area contributed by atoms with Gasteiger partial charge < -0.3 is 9.80 Å². The molecule has 0 bridgehead atoms. The second-order valence-electron chi connectivity index (χ2n) is 10.6. The van der Waals surface area contributed by atoms with E-state index >= 15 is 0 Å². The summed E-state index contributed by atoms with van der Waals surface area (Å²) in [6.45, 7) is 6.98. The Morgan fingerprint density at radius 2 is 0.912 bits per heavy atom. The van der Waals surface area contributed by atoms with Crippen LogP contribution in [0.2, 0.25) is 0 Å². The molecule has 194 valence electrons. The molecular formula is C32H56N2. The van der Waals surface area contributed by atoms with Crippen LogP contribution >= 0.6 is 0 Å². The summed E-state index contributed by atoms with van der Waals surface area (Å²) in [5.74, 6) is 0. The Morgan fingerprint density at radius 3 is 1.38 bits per heavy atom. The third-order valence-electron chi connectivity index (χ3n) is 7.52. The van der Waals surface area contributed by atoms with Crippen LogP contribution in [0, 0.1) is 0 Å². The smallest absolute Gasteiger partial charge is 0.105 e. The number of benzene rings is 1. The second kappa shape index (κ2) is 19.8. The largest absolute Gasteiger partial charge is 0.356 e. The molecule has 2 rings (SSSR count). The third kappa shape index (κ3) is 12.9. The van der Waals surface area contributed by atoms with E-state index in [1.54, 1.807) is 0 Å². The predicted octanol–water partition coefficient (Wildman–Crippen LogP) is 9.71. The van der Waals surface area contributed by atoms with Crippen molar-refractivity contribution in [1.82, 2.24) is 9.80 Å². The summed E-state index contributed by atoms with van der Waals surface area (Å²) in [5, 5.41) is 0. The summed E-state index contributed by atoms with van der Waals surface area (Å²) < 4.78 is 0. The van der Waals surface area contributed by atoms with Gasteiger partial charge in [-0.25, -0.2) is 0 Å². The fourth-order valence-electron chi connectivity index (χ4n) is 5.25. The zero-order valence-corrected chi connectivity index (χ0v) is 22.9. The van der Waals surface area contributed by atoms with Gasteiger partial charge in [-0.1, -0.05) is 147 Å². The molecule has 0 spiro atoms. The molecule has 0 aliphatic carbocycles. The van der Waals surface area contributed by atoms with Crippen LogP contribution in [0.1, 0.15) is 135 Å². The fraction of sp³-hybridized carbons (Fsp3) is 0.750. The van der Waals surface area contributed by atoms with E-state index in [9.17, 15) is 0 Å². The SMILES string of the molecule is CCCCCCCCCCCCCCCCCCN1C=CN(CCCC)C1Cc1ccccc1. The summed E-state index contributed by atoms with van der Waals surface area (Å²) >= 11 is 0. The Morgan fingerprint density at radius 1 is 0.500 bits per heavy atom. The van der Waals surface area contributed by atoms with Gasteiger partial charge in [0.15, 0.2) is 0 Å². The molecule has 0 saturated heterocycles. The van der Waals surface area contributed by atoms with Crippen molar-refractivity contribution in [3.63, 3.8) is 0 Å². The van der Waals surface area contributed by atoms with E-state index in [-0.39, 0.29) is 0 Å². The van der Waals surface area contributed by atoms with Crippen LogP contribution < -0.4 is 0 Å². The lowest BCUT2D eigenvalue weighted by Gasteiger charge is -2.33. The van der Waals surface area contributed by atoms with Gasteiger partial charge in [-0.3, -0.25) is 0 Å². The van der Waals surface area contributed by atoms with Crippen molar-refractivity contribution in [3.05, 3.63) is 48.3 Å². The average molecular weight is 469 g/mol. The quantitative estimate of drug-likeness (QED) is 0.156. The molecule has 1 aromatic rings. The van der Waals surface area contributed by atoms with Gasteiger partial charge in [-0.15, -0.1) is 0 Å². The minimum atomic E-state index is 0.505. The average Bonchev–Trinajstić information content (AvgIpc) is 3.24. The van der Waals surface area contributed by atoms with E-state index in [0.29, 0.717) is 6.17 Å². The van der Waals surface area contributed by atoms with Crippen molar-refractivity contribution in [1.29, 1.82) is 0 Å². The summed E-state index contributed by atoms with van der Waals surface area (Å²) in [6.07, 6.45) is 31.9. The van der Waals surface area contributed by atoms with E-state index in [0.717, 1.165) is 6.42 Å². The molecule has 0 N–H and O–H groups in total. The van der Waals surface area contributed by atoms with E-state index in [1.807, 2.05) is 0 Å². The van der Waals surface area contributed by atoms with Crippen LogP contribution in [0.3, 0.4) is 0 Å². The van der Waals surface area contributed by atoms with E-state index < -0.39 is 0 Å². The highest BCUT2D eigenvalue weighted by molar-refractivity contribution is 5.17. The van der Waals surface area contributed by atoms with E-state index in [2.05, 4.69) is 66.4 Å². The van der Waals surface area contributed by atoms with Gasteiger partial charge in [-0.05, 0) is 18.4 Å². The molecule has 1 atom stereocenters. The second-order valence-corrected chi connectivity index (χ2v) is 10.6. The molecule has 1 unspecified atom stereocenters. The number of hydrogen-bond acceptors (Lipinski definition) is 2. The number of hydrogen-bond donors (Lipinski definition) is 0. The molecule has 1 heterocycles. The first-order valence-corrected chi connectivity index (χ1v) is 15.1. The van der Waals surface area contributed by atoms with Gasteiger partial charge >= 0.3 is 0 Å². The summed E-state index contributed by atoms with van der Waals surface area (Å²) in [5.41, 5.74) is 1.45. The zero-order chi connectivity index (χ0) is 24.1. The Kier molecular flexibility index (Phi) is 16.8. The van der Waals surface area contributed by atoms with Crippen LogP contribution in [0.25, 0.3) is 0 Å². The molecular weight excluding hydrogens is 412 g/mol. The third-order valence-corrected chi connectivity index (χ3v) is 7.52. The molecule has 1 aliphatic rings. The highest BCUT2D eigenvalue weighted by atomic mass is 15.4. The molecule has 0 fully saturated rings. The number of nitrogens with zero attached hydrogens (tertiary/aromatic N) is 2. The summed E-state index contributed by atoms with van der Waals surface area (Å²) in [7, 11) is 0. The molecule has 1 aliphatic heterocycles. The molecule has 0 amide bonds. The topological polar surface area (TPSA) is 6.48 Å². The number of rotatable bonds is 22. The molecule has 34 heavy (non-hydrogen) atoms. The van der Waals surface area contributed by atoms with Gasteiger partial charge in [0.25, 0.3) is 0 Å². The summed E-state index contributed by atoms with van der Waals surface area (Å²) in [6, 6.07) is 11.0. The van der Waals surface area contributed by atoms with Gasteiger partial charge in [0, 0.05) is 31.9 Å². The first-order valence-electron chi connectivity index (χ1n) is 15.1. The van der Waals surface area contributed by atoms with Gasteiger partial charge in [0.1, 0.15) is 6.17 Å². The minimum absolute atomic E-state index is 0.505. The molecule has 1 aromatic carbocycles. The standard InChI is InChI=1S/C32H56N2/c1-3-5-7-8-9-10-11-12-13-14-15-16-17-18-19-23-27-34-29-28-33(26-6-4-2)32(34)30-31-24-21-20-22-25-31/h20-22,24-25,28-29,32H,3-19,23,26-27,30H2,1-2H3. The lowest BCUT2D eigenvalue weighted by Crippen LogP contribution is -2.41. The highest BCUT2D eigenvalue weighted by Gasteiger charge is 2.25. The van der Waals surface area contributed by atoms with Crippen molar-refractivity contribution >= 4 is 0 Å².